The Balaban J connectivity index is 2.29. The number of carbonyl (C=O) groups excluding carboxylic acids is 1. The number of esters is 1. The van der Waals surface area contributed by atoms with E-state index in [9.17, 15) is 9.18 Å². The van der Waals surface area contributed by atoms with Gasteiger partial charge in [-0.3, -0.25) is 4.79 Å². The molecule has 1 fully saturated rings. The third-order valence-corrected chi connectivity index (χ3v) is 3.57. The molecule has 92 valence electrons. The highest BCUT2D eigenvalue weighted by Crippen LogP contribution is 2.31. The summed E-state index contributed by atoms with van der Waals surface area (Å²) in [4.78, 5) is 11.6. The molecule has 1 aliphatic heterocycles. The van der Waals surface area contributed by atoms with Gasteiger partial charge in [0.05, 0.1) is 13.0 Å². The summed E-state index contributed by atoms with van der Waals surface area (Å²) in [6.45, 7) is 1.13. The zero-order valence-corrected chi connectivity index (χ0v) is 11.0. The summed E-state index contributed by atoms with van der Waals surface area (Å²) in [5.74, 6) is -1.05. The lowest BCUT2D eigenvalue weighted by Gasteiger charge is -2.17. The van der Waals surface area contributed by atoms with Gasteiger partial charge in [0.2, 0.25) is 0 Å². The Morgan fingerprint density at radius 2 is 2.29 bits per heavy atom. The minimum absolute atomic E-state index is 0.157. The molecule has 0 radical (unpaired) electrons. The van der Waals surface area contributed by atoms with E-state index in [0.717, 1.165) is 0 Å². The number of carbonyl (C=O) groups is 1. The number of benzene rings is 1. The number of rotatable bonds is 2. The van der Waals surface area contributed by atoms with Crippen LogP contribution in [0.25, 0.3) is 0 Å². The lowest BCUT2D eigenvalue weighted by Crippen LogP contribution is -2.23. The Bertz CT molecular complexity index is 439. The van der Waals surface area contributed by atoms with Crippen LogP contribution in [0.4, 0.5) is 4.39 Å². The molecule has 2 rings (SSSR count). The van der Waals surface area contributed by atoms with E-state index >= 15 is 0 Å². The normalized spacial score (nSPS) is 23.7. The van der Waals surface area contributed by atoms with Crippen LogP contribution < -0.4 is 5.32 Å². The Labute approximate surface area is 107 Å². The molecule has 1 heterocycles. The summed E-state index contributed by atoms with van der Waals surface area (Å²) >= 11 is 3.22. The SMILES string of the molecule is COC(=O)[C@@H]1CNC[C@H]1c1ccc(Br)cc1F. The van der Waals surface area contributed by atoms with E-state index in [4.69, 9.17) is 4.74 Å². The Kier molecular flexibility index (Phi) is 3.79. The van der Waals surface area contributed by atoms with Crippen LogP contribution in [0.1, 0.15) is 11.5 Å². The van der Waals surface area contributed by atoms with Crippen molar-refractivity contribution in [3.8, 4) is 0 Å². The van der Waals surface area contributed by atoms with Crippen molar-refractivity contribution in [1.82, 2.24) is 5.32 Å². The van der Waals surface area contributed by atoms with Gasteiger partial charge in [-0.1, -0.05) is 22.0 Å². The largest absolute Gasteiger partial charge is 0.469 e. The first kappa shape index (κ1) is 12.5. The standard InChI is InChI=1S/C12H13BrFNO2/c1-17-12(16)10-6-15-5-9(10)8-3-2-7(13)4-11(8)14/h2-4,9-10,15H,5-6H2,1H3/t9-,10+/m0/s1. The summed E-state index contributed by atoms with van der Waals surface area (Å²) in [5.41, 5.74) is 0.564. The number of nitrogens with one attached hydrogen (secondary N) is 1. The van der Waals surface area contributed by atoms with E-state index in [0.29, 0.717) is 23.1 Å². The molecule has 17 heavy (non-hydrogen) atoms. The average Bonchev–Trinajstić information content (AvgIpc) is 2.77. The van der Waals surface area contributed by atoms with Crippen molar-refractivity contribution in [3.05, 3.63) is 34.1 Å². The number of hydrogen-bond donors (Lipinski definition) is 1. The fourth-order valence-electron chi connectivity index (χ4n) is 2.21. The topological polar surface area (TPSA) is 38.3 Å². The van der Waals surface area contributed by atoms with E-state index < -0.39 is 0 Å². The van der Waals surface area contributed by atoms with Crippen molar-refractivity contribution in [1.29, 1.82) is 0 Å². The molecule has 0 amide bonds. The fraction of sp³-hybridized carbons (Fsp3) is 0.417. The lowest BCUT2D eigenvalue weighted by atomic mass is 9.88. The average molecular weight is 302 g/mol. The minimum Gasteiger partial charge on any atom is -0.469 e. The summed E-state index contributed by atoms with van der Waals surface area (Å²) in [6, 6.07) is 4.92. The molecule has 0 unspecified atom stereocenters. The molecule has 1 aromatic rings. The molecule has 1 saturated heterocycles. The highest BCUT2D eigenvalue weighted by Gasteiger charge is 2.36. The van der Waals surface area contributed by atoms with Crippen molar-refractivity contribution in [3.63, 3.8) is 0 Å². The number of methoxy groups -OCH3 is 1. The van der Waals surface area contributed by atoms with Crippen LogP contribution in [0.3, 0.4) is 0 Å². The lowest BCUT2D eigenvalue weighted by molar-refractivity contribution is -0.145. The van der Waals surface area contributed by atoms with Crippen LogP contribution in [0.15, 0.2) is 22.7 Å². The van der Waals surface area contributed by atoms with E-state index in [1.807, 2.05) is 0 Å². The molecular weight excluding hydrogens is 289 g/mol. The zero-order chi connectivity index (χ0) is 12.4. The summed E-state index contributed by atoms with van der Waals surface area (Å²) in [7, 11) is 1.36. The van der Waals surface area contributed by atoms with Crippen molar-refractivity contribution in [2.45, 2.75) is 5.92 Å². The second-order valence-electron chi connectivity index (χ2n) is 4.06. The second kappa shape index (κ2) is 5.14. The van der Waals surface area contributed by atoms with Crippen molar-refractivity contribution < 1.29 is 13.9 Å². The Morgan fingerprint density at radius 1 is 1.53 bits per heavy atom. The third-order valence-electron chi connectivity index (χ3n) is 3.08. The molecule has 0 spiro atoms. The van der Waals surface area contributed by atoms with Gasteiger partial charge < -0.3 is 10.1 Å². The number of hydrogen-bond acceptors (Lipinski definition) is 3. The van der Waals surface area contributed by atoms with Gasteiger partial charge in [-0.2, -0.15) is 0 Å². The number of halogens is 2. The molecular formula is C12H13BrFNO2. The van der Waals surface area contributed by atoms with Crippen LogP contribution in [0, 0.1) is 11.7 Å². The minimum atomic E-state index is -0.310. The Hall–Kier alpha value is -0.940. The molecule has 1 aliphatic rings. The number of ether oxygens (including phenoxy) is 1. The van der Waals surface area contributed by atoms with Gasteiger partial charge in [-0.25, -0.2) is 4.39 Å². The highest BCUT2D eigenvalue weighted by atomic mass is 79.9. The summed E-state index contributed by atoms with van der Waals surface area (Å²) in [5, 5.41) is 3.10. The molecule has 0 saturated carbocycles. The fourth-order valence-corrected chi connectivity index (χ4v) is 2.54. The van der Waals surface area contributed by atoms with E-state index in [-0.39, 0.29) is 23.6 Å². The zero-order valence-electron chi connectivity index (χ0n) is 9.37. The summed E-state index contributed by atoms with van der Waals surface area (Å²) < 4.78 is 19.3. The maximum absolute atomic E-state index is 13.8. The second-order valence-corrected chi connectivity index (χ2v) is 4.98. The quantitative estimate of drug-likeness (QED) is 0.850. The predicted molar refractivity (Wildman–Crippen MR) is 65.2 cm³/mol. The highest BCUT2D eigenvalue weighted by molar-refractivity contribution is 9.10. The first-order chi connectivity index (χ1) is 8.13. The van der Waals surface area contributed by atoms with Gasteiger partial charge in [0, 0.05) is 23.5 Å². The van der Waals surface area contributed by atoms with Crippen LogP contribution in [0.5, 0.6) is 0 Å². The molecule has 0 aromatic heterocycles. The van der Waals surface area contributed by atoms with Gasteiger partial charge in [-0.15, -0.1) is 0 Å². The first-order valence-electron chi connectivity index (χ1n) is 5.37. The molecule has 1 aromatic carbocycles. The maximum atomic E-state index is 13.8. The monoisotopic (exact) mass is 301 g/mol. The van der Waals surface area contributed by atoms with Crippen LogP contribution >= 0.6 is 15.9 Å². The molecule has 0 bridgehead atoms. The van der Waals surface area contributed by atoms with E-state index in [2.05, 4.69) is 21.2 Å². The van der Waals surface area contributed by atoms with Crippen LogP contribution in [-0.4, -0.2) is 26.2 Å². The predicted octanol–water partition coefficient (Wildman–Crippen LogP) is 2.06. The Morgan fingerprint density at radius 3 is 2.94 bits per heavy atom. The van der Waals surface area contributed by atoms with E-state index in [1.54, 1.807) is 12.1 Å². The molecule has 3 nitrogen and oxygen atoms in total. The van der Waals surface area contributed by atoms with E-state index in [1.165, 1.54) is 13.2 Å². The van der Waals surface area contributed by atoms with Crippen LogP contribution in [0.2, 0.25) is 0 Å². The first-order valence-corrected chi connectivity index (χ1v) is 6.16. The molecule has 1 N–H and O–H groups in total. The van der Waals surface area contributed by atoms with Crippen molar-refractivity contribution in [2.75, 3.05) is 20.2 Å². The summed E-state index contributed by atoms with van der Waals surface area (Å²) in [6.07, 6.45) is 0. The third kappa shape index (κ3) is 2.50. The van der Waals surface area contributed by atoms with Gasteiger partial charge in [0.25, 0.3) is 0 Å². The molecule has 5 heteroatoms. The van der Waals surface area contributed by atoms with Crippen molar-refractivity contribution >= 4 is 21.9 Å². The molecule has 2 atom stereocenters. The smallest absolute Gasteiger partial charge is 0.310 e. The van der Waals surface area contributed by atoms with Gasteiger partial charge in [-0.05, 0) is 17.7 Å². The maximum Gasteiger partial charge on any atom is 0.310 e. The van der Waals surface area contributed by atoms with Crippen LogP contribution in [-0.2, 0) is 9.53 Å². The molecule has 0 aliphatic carbocycles. The van der Waals surface area contributed by atoms with Crippen molar-refractivity contribution in [2.24, 2.45) is 5.92 Å². The van der Waals surface area contributed by atoms with Gasteiger partial charge >= 0.3 is 5.97 Å². The van der Waals surface area contributed by atoms with Gasteiger partial charge in [0.1, 0.15) is 5.82 Å². The van der Waals surface area contributed by atoms with Gasteiger partial charge in [0.15, 0.2) is 0 Å².